The van der Waals surface area contributed by atoms with E-state index in [9.17, 15) is 29.4 Å². The normalized spacial score (nSPS) is 43.7. The number of ether oxygens (including phenoxy) is 1. The average Bonchev–Trinajstić information content (AvgIpc) is 2.97. The van der Waals surface area contributed by atoms with Crippen LogP contribution >= 0.6 is 0 Å². The van der Waals surface area contributed by atoms with Crippen molar-refractivity contribution >= 4 is 23.8 Å². The summed E-state index contributed by atoms with van der Waals surface area (Å²) in [7, 11) is 0. The first-order valence-corrected chi connectivity index (χ1v) is 11.0. The highest BCUT2D eigenvalue weighted by Gasteiger charge is 2.68. The topological polar surface area (TPSA) is 118 Å². The number of aliphatic hydroxyl groups excluding tert-OH is 1. The van der Waals surface area contributed by atoms with E-state index in [1.54, 1.807) is 12.2 Å². The Labute approximate surface area is 181 Å². The molecule has 4 aliphatic rings. The fourth-order valence-electron chi connectivity index (χ4n) is 7.30. The SMILES string of the molecule is CC(=O)OCC(=O)C1(O)CCC2C3CCC4=CC(=O)C(C=O)=CC4(C)C3C(O)CC21C. The van der Waals surface area contributed by atoms with E-state index in [0.717, 1.165) is 12.0 Å². The molecule has 0 heterocycles. The molecule has 7 unspecified atom stereocenters. The second-order valence-electron chi connectivity index (χ2n) is 10.2. The molecular formula is C24H30O7. The molecule has 4 rings (SSSR count). The number of carbonyl (C=O) groups excluding carboxylic acids is 4. The highest BCUT2D eigenvalue weighted by molar-refractivity contribution is 6.18. The number of hydrogen-bond acceptors (Lipinski definition) is 7. The van der Waals surface area contributed by atoms with Gasteiger partial charge in [0.05, 0.1) is 11.7 Å². The van der Waals surface area contributed by atoms with Gasteiger partial charge in [0.15, 0.2) is 18.7 Å². The van der Waals surface area contributed by atoms with Crippen molar-refractivity contribution in [2.75, 3.05) is 6.61 Å². The lowest BCUT2D eigenvalue weighted by Crippen LogP contribution is -2.61. The minimum Gasteiger partial charge on any atom is -0.458 e. The highest BCUT2D eigenvalue weighted by atomic mass is 16.5. The van der Waals surface area contributed by atoms with Crippen LogP contribution in [-0.4, -0.2) is 52.3 Å². The summed E-state index contributed by atoms with van der Waals surface area (Å²) in [5.74, 6) is -1.57. The average molecular weight is 430 g/mol. The smallest absolute Gasteiger partial charge is 0.303 e. The van der Waals surface area contributed by atoms with E-state index < -0.39 is 40.9 Å². The van der Waals surface area contributed by atoms with Gasteiger partial charge in [0.1, 0.15) is 5.60 Å². The fourth-order valence-corrected chi connectivity index (χ4v) is 7.30. The molecule has 0 spiro atoms. The second kappa shape index (κ2) is 7.20. The molecule has 0 amide bonds. The zero-order chi connectivity index (χ0) is 22.8. The lowest BCUT2D eigenvalue weighted by Gasteiger charge is -2.59. The third kappa shape index (κ3) is 3.00. The number of esters is 1. The largest absolute Gasteiger partial charge is 0.458 e. The van der Waals surface area contributed by atoms with Crippen LogP contribution in [-0.2, 0) is 23.9 Å². The number of allylic oxidation sites excluding steroid dienone is 4. The Bertz CT molecular complexity index is 917. The summed E-state index contributed by atoms with van der Waals surface area (Å²) < 4.78 is 4.87. The van der Waals surface area contributed by atoms with Crippen LogP contribution in [0.2, 0.25) is 0 Å². The van der Waals surface area contributed by atoms with Gasteiger partial charge in [-0.15, -0.1) is 0 Å². The molecule has 0 bridgehead atoms. The summed E-state index contributed by atoms with van der Waals surface area (Å²) >= 11 is 0. The molecule has 7 nitrogen and oxygen atoms in total. The lowest BCUT2D eigenvalue weighted by atomic mass is 9.46. The van der Waals surface area contributed by atoms with E-state index in [0.29, 0.717) is 19.1 Å². The quantitative estimate of drug-likeness (QED) is 0.396. The third-order valence-corrected chi connectivity index (χ3v) is 8.78. The van der Waals surface area contributed by atoms with Crippen molar-refractivity contribution in [1.29, 1.82) is 0 Å². The molecule has 0 aromatic heterocycles. The number of ketones is 2. The summed E-state index contributed by atoms with van der Waals surface area (Å²) in [6.07, 6.45) is 5.56. The zero-order valence-electron chi connectivity index (χ0n) is 18.2. The molecule has 7 heteroatoms. The Morgan fingerprint density at radius 2 is 2.00 bits per heavy atom. The minimum absolute atomic E-state index is 0.00346. The number of aliphatic hydroxyl groups is 2. The van der Waals surface area contributed by atoms with Crippen LogP contribution in [0.3, 0.4) is 0 Å². The third-order valence-electron chi connectivity index (χ3n) is 8.78. The lowest BCUT2D eigenvalue weighted by molar-refractivity contribution is -0.181. The predicted octanol–water partition coefficient (Wildman–Crippen LogP) is 1.70. The van der Waals surface area contributed by atoms with Crippen molar-refractivity contribution in [2.45, 2.75) is 64.6 Å². The maximum Gasteiger partial charge on any atom is 0.303 e. The molecular weight excluding hydrogens is 400 g/mol. The molecule has 2 N–H and O–H groups in total. The Kier molecular flexibility index (Phi) is 5.13. The molecule has 168 valence electrons. The van der Waals surface area contributed by atoms with Gasteiger partial charge in [0.25, 0.3) is 0 Å². The number of fused-ring (bicyclic) bond motifs is 5. The van der Waals surface area contributed by atoms with Gasteiger partial charge in [-0.05, 0) is 50.0 Å². The Hall–Kier alpha value is -2.12. The van der Waals surface area contributed by atoms with Gasteiger partial charge in [0, 0.05) is 23.7 Å². The number of carbonyl (C=O) groups is 4. The molecule has 3 fully saturated rings. The van der Waals surface area contributed by atoms with Crippen LogP contribution in [0.4, 0.5) is 0 Å². The van der Waals surface area contributed by atoms with Crippen molar-refractivity contribution in [3.8, 4) is 0 Å². The summed E-state index contributed by atoms with van der Waals surface area (Å²) in [6.45, 7) is 4.58. The van der Waals surface area contributed by atoms with Crippen LogP contribution in [0.15, 0.2) is 23.3 Å². The monoisotopic (exact) mass is 430 g/mol. The Morgan fingerprint density at radius 1 is 1.29 bits per heavy atom. The van der Waals surface area contributed by atoms with E-state index in [-0.39, 0.29) is 42.0 Å². The van der Waals surface area contributed by atoms with E-state index in [1.807, 2.05) is 13.8 Å². The van der Waals surface area contributed by atoms with Crippen LogP contribution in [0.25, 0.3) is 0 Å². The van der Waals surface area contributed by atoms with E-state index in [4.69, 9.17) is 4.74 Å². The van der Waals surface area contributed by atoms with Gasteiger partial charge in [-0.2, -0.15) is 0 Å². The number of aldehydes is 1. The first-order valence-electron chi connectivity index (χ1n) is 11.0. The summed E-state index contributed by atoms with van der Waals surface area (Å²) in [5, 5.41) is 22.8. The number of hydrogen-bond donors (Lipinski definition) is 2. The van der Waals surface area contributed by atoms with Crippen LogP contribution < -0.4 is 0 Å². The van der Waals surface area contributed by atoms with E-state index >= 15 is 0 Å². The van der Waals surface area contributed by atoms with Crippen molar-refractivity contribution in [2.24, 2.45) is 28.6 Å². The molecule has 7 atom stereocenters. The van der Waals surface area contributed by atoms with E-state index in [1.165, 1.54) is 6.92 Å². The van der Waals surface area contributed by atoms with Crippen molar-refractivity contribution < 1.29 is 34.1 Å². The Balaban J connectivity index is 1.69. The van der Waals surface area contributed by atoms with Gasteiger partial charge in [-0.3, -0.25) is 19.2 Å². The van der Waals surface area contributed by atoms with Crippen molar-refractivity contribution in [1.82, 2.24) is 0 Å². The molecule has 0 aliphatic heterocycles. The summed E-state index contributed by atoms with van der Waals surface area (Å²) in [5.41, 5.74) is -2.07. The number of rotatable bonds is 4. The van der Waals surface area contributed by atoms with Crippen molar-refractivity contribution in [3.05, 3.63) is 23.3 Å². The molecule has 0 saturated heterocycles. The van der Waals surface area contributed by atoms with Gasteiger partial charge in [-0.25, -0.2) is 0 Å². The Morgan fingerprint density at radius 3 is 2.65 bits per heavy atom. The molecule has 3 saturated carbocycles. The first kappa shape index (κ1) is 22.1. The second-order valence-corrected chi connectivity index (χ2v) is 10.2. The molecule has 0 aromatic carbocycles. The minimum atomic E-state index is -1.66. The molecule has 0 aromatic rings. The van der Waals surface area contributed by atoms with Gasteiger partial charge in [0.2, 0.25) is 5.78 Å². The molecule has 0 radical (unpaired) electrons. The predicted molar refractivity (Wildman–Crippen MR) is 110 cm³/mol. The van der Waals surface area contributed by atoms with Crippen molar-refractivity contribution in [3.63, 3.8) is 0 Å². The molecule has 31 heavy (non-hydrogen) atoms. The van der Waals surface area contributed by atoms with Gasteiger partial charge >= 0.3 is 5.97 Å². The van der Waals surface area contributed by atoms with Gasteiger partial charge in [-0.1, -0.05) is 25.5 Å². The highest BCUT2D eigenvalue weighted by Crippen LogP contribution is 2.67. The van der Waals surface area contributed by atoms with Crippen LogP contribution in [0, 0.1) is 28.6 Å². The number of Topliss-reactive ketones (excluding diaryl/α,β-unsaturated/α-hetero) is 1. The van der Waals surface area contributed by atoms with E-state index in [2.05, 4.69) is 0 Å². The standard InChI is InChI=1S/C24H30O7/c1-13(26)31-12-20(29)24(30)7-6-17-16-5-4-15-8-18(27)14(11-25)9-22(15,2)21(16)19(28)10-23(17,24)3/h8-9,11,16-17,19,21,28,30H,4-7,10,12H2,1-3H3. The van der Waals surface area contributed by atoms with Crippen LogP contribution in [0.5, 0.6) is 0 Å². The zero-order valence-corrected chi connectivity index (χ0v) is 18.2. The maximum absolute atomic E-state index is 12.9. The fraction of sp³-hybridized carbons (Fsp3) is 0.667. The van der Waals surface area contributed by atoms with Crippen LogP contribution in [0.1, 0.15) is 52.9 Å². The summed E-state index contributed by atoms with van der Waals surface area (Å²) in [4.78, 5) is 47.7. The molecule has 4 aliphatic carbocycles. The summed E-state index contributed by atoms with van der Waals surface area (Å²) in [6, 6.07) is 0. The maximum atomic E-state index is 12.9. The first-order chi connectivity index (χ1) is 14.5. The van der Waals surface area contributed by atoms with Gasteiger partial charge < -0.3 is 14.9 Å².